The molecule has 10 heteroatoms. The molecule has 0 bridgehead atoms. The molecule has 0 aliphatic rings. The number of anilines is 1. The van der Waals surface area contributed by atoms with Crippen molar-refractivity contribution in [1.29, 1.82) is 0 Å². The average molecular weight is 312 g/mol. The zero-order valence-corrected chi connectivity index (χ0v) is 11.5. The van der Waals surface area contributed by atoms with Gasteiger partial charge in [0.15, 0.2) is 0 Å². The number of nitrogens with zero attached hydrogens (tertiary/aromatic N) is 3. The van der Waals surface area contributed by atoms with Crippen LogP contribution in [0.15, 0.2) is 18.2 Å². The standard InChI is InChI=1S/C11H10ClN5O4/c1-2-21-11-14-10(15-16-11)13-9(18)7-5-6(17(19)20)3-4-8(7)12/h3-5H,2H2,1H3,(H2,13,14,15,16,18). The third-order valence-corrected chi connectivity index (χ3v) is 2.71. The maximum Gasteiger partial charge on any atom is 0.337 e. The van der Waals surface area contributed by atoms with Crippen molar-refractivity contribution in [2.24, 2.45) is 0 Å². The van der Waals surface area contributed by atoms with Gasteiger partial charge in [0.1, 0.15) is 0 Å². The van der Waals surface area contributed by atoms with Gasteiger partial charge in [-0.15, -0.1) is 5.10 Å². The number of H-pyrrole nitrogens is 1. The van der Waals surface area contributed by atoms with Gasteiger partial charge in [-0.2, -0.15) is 4.98 Å². The molecule has 0 atom stereocenters. The number of benzene rings is 1. The maximum absolute atomic E-state index is 12.0. The van der Waals surface area contributed by atoms with Gasteiger partial charge in [-0.25, -0.2) is 5.10 Å². The minimum absolute atomic E-state index is 0.0415. The Kier molecular flexibility index (Phi) is 4.33. The fraction of sp³-hybridized carbons (Fsp3) is 0.182. The number of nitro groups is 1. The minimum atomic E-state index is -0.650. The van der Waals surface area contributed by atoms with Crippen LogP contribution in [0, 0.1) is 10.1 Å². The Labute approximate surface area is 123 Å². The van der Waals surface area contributed by atoms with E-state index < -0.39 is 10.8 Å². The quantitative estimate of drug-likeness (QED) is 0.643. The van der Waals surface area contributed by atoms with Gasteiger partial charge >= 0.3 is 6.01 Å². The third-order valence-electron chi connectivity index (χ3n) is 2.38. The van der Waals surface area contributed by atoms with E-state index >= 15 is 0 Å². The first-order valence-electron chi connectivity index (χ1n) is 5.81. The highest BCUT2D eigenvalue weighted by atomic mass is 35.5. The Morgan fingerprint density at radius 2 is 2.33 bits per heavy atom. The summed E-state index contributed by atoms with van der Waals surface area (Å²) in [6.45, 7) is 2.14. The second kappa shape index (κ2) is 6.18. The smallest absolute Gasteiger partial charge is 0.337 e. The number of halogens is 1. The fourth-order valence-electron chi connectivity index (χ4n) is 1.47. The molecule has 9 nitrogen and oxygen atoms in total. The van der Waals surface area contributed by atoms with Gasteiger partial charge in [-0.05, 0) is 13.0 Å². The molecule has 1 heterocycles. The number of hydrogen-bond donors (Lipinski definition) is 2. The first-order chi connectivity index (χ1) is 10.0. The zero-order valence-electron chi connectivity index (χ0n) is 10.8. The summed E-state index contributed by atoms with van der Waals surface area (Å²) in [5.41, 5.74) is -0.280. The Hall–Kier alpha value is -2.68. The first kappa shape index (κ1) is 14.7. The second-order valence-electron chi connectivity index (χ2n) is 3.77. The van der Waals surface area contributed by atoms with E-state index in [2.05, 4.69) is 20.5 Å². The molecular weight excluding hydrogens is 302 g/mol. The fourth-order valence-corrected chi connectivity index (χ4v) is 1.68. The van der Waals surface area contributed by atoms with E-state index in [0.29, 0.717) is 6.61 Å². The van der Waals surface area contributed by atoms with Gasteiger partial charge in [0.2, 0.25) is 5.95 Å². The van der Waals surface area contributed by atoms with Gasteiger partial charge in [-0.1, -0.05) is 11.6 Å². The Balaban J connectivity index is 2.19. The molecule has 110 valence electrons. The van der Waals surface area contributed by atoms with Crippen LogP contribution in [0.1, 0.15) is 17.3 Å². The number of aromatic amines is 1. The Morgan fingerprint density at radius 3 is 3.00 bits per heavy atom. The van der Waals surface area contributed by atoms with Crippen molar-refractivity contribution in [3.8, 4) is 6.01 Å². The van der Waals surface area contributed by atoms with E-state index in [1.54, 1.807) is 6.92 Å². The van der Waals surface area contributed by atoms with E-state index in [9.17, 15) is 14.9 Å². The number of hydrogen-bond acceptors (Lipinski definition) is 6. The summed E-state index contributed by atoms with van der Waals surface area (Å²) in [7, 11) is 0. The highest BCUT2D eigenvalue weighted by Gasteiger charge is 2.17. The van der Waals surface area contributed by atoms with Gasteiger partial charge < -0.3 is 4.74 Å². The predicted octanol–water partition coefficient (Wildman–Crippen LogP) is 2.02. The molecule has 21 heavy (non-hydrogen) atoms. The van der Waals surface area contributed by atoms with E-state index in [0.717, 1.165) is 6.07 Å². The molecule has 0 spiro atoms. The van der Waals surface area contributed by atoms with Crippen LogP contribution in [0.5, 0.6) is 6.01 Å². The van der Waals surface area contributed by atoms with E-state index in [4.69, 9.17) is 16.3 Å². The Morgan fingerprint density at radius 1 is 1.57 bits per heavy atom. The van der Waals surface area contributed by atoms with Crippen LogP contribution in [0.4, 0.5) is 11.6 Å². The number of carbonyl (C=O) groups excluding carboxylic acids is 1. The maximum atomic E-state index is 12.0. The molecule has 0 aliphatic carbocycles. The number of rotatable bonds is 5. The molecule has 1 aromatic heterocycles. The average Bonchev–Trinajstić information content (AvgIpc) is 2.86. The number of non-ortho nitro benzene ring substituents is 1. The molecule has 0 fully saturated rings. The summed E-state index contributed by atoms with van der Waals surface area (Å²) in [6.07, 6.45) is 0. The van der Waals surface area contributed by atoms with Crippen LogP contribution < -0.4 is 10.1 Å². The number of aromatic nitrogens is 3. The van der Waals surface area contributed by atoms with E-state index in [1.807, 2.05) is 0 Å². The monoisotopic (exact) mass is 311 g/mol. The lowest BCUT2D eigenvalue weighted by atomic mass is 10.2. The number of ether oxygens (including phenoxy) is 1. The second-order valence-corrected chi connectivity index (χ2v) is 4.18. The summed E-state index contributed by atoms with van der Waals surface area (Å²) in [5, 5.41) is 19.3. The van der Waals surface area contributed by atoms with Crippen molar-refractivity contribution in [2.45, 2.75) is 6.92 Å². The lowest BCUT2D eigenvalue weighted by Gasteiger charge is -2.03. The molecule has 2 rings (SSSR count). The van der Waals surface area contributed by atoms with Crippen LogP contribution in [0.25, 0.3) is 0 Å². The van der Waals surface area contributed by atoms with Crippen molar-refractivity contribution in [3.63, 3.8) is 0 Å². The van der Waals surface area contributed by atoms with Gasteiger partial charge in [0, 0.05) is 12.1 Å². The van der Waals surface area contributed by atoms with Gasteiger partial charge in [0.05, 0.1) is 22.1 Å². The van der Waals surface area contributed by atoms with Gasteiger partial charge in [0.25, 0.3) is 11.6 Å². The third kappa shape index (κ3) is 3.45. The van der Waals surface area contributed by atoms with Crippen LogP contribution >= 0.6 is 11.6 Å². The van der Waals surface area contributed by atoms with Crippen LogP contribution in [-0.2, 0) is 0 Å². The normalized spacial score (nSPS) is 10.2. The first-order valence-corrected chi connectivity index (χ1v) is 6.19. The summed E-state index contributed by atoms with van der Waals surface area (Å²) in [5.74, 6) is -0.603. The summed E-state index contributed by atoms with van der Waals surface area (Å²) in [4.78, 5) is 26.0. The molecule has 2 aromatic rings. The SMILES string of the molecule is CCOc1n[nH]c(NC(=O)c2cc([N+](=O)[O-])ccc2Cl)n1. The number of amides is 1. The lowest BCUT2D eigenvalue weighted by Crippen LogP contribution is -2.14. The number of nitrogens with one attached hydrogen (secondary N) is 2. The van der Waals surface area contributed by atoms with Crippen LogP contribution in [-0.4, -0.2) is 32.6 Å². The molecule has 1 aromatic carbocycles. The lowest BCUT2D eigenvalue weighted by molar-refractivity contribution is -0.384. The van der Waals surface area contributed by atoms with Gasteiger partial charge in [-0.3, -0.25) is 20.2 Å². The largest absolute Gasteiger partial charge is 0.463 e. The molecule has 0 radical (unpaired) electrons. The number of carbonyl (C=O) groups is 1. The number of nitro benzene ring substituents is 1. The topological polar surface area (TPSA) is 123 Å². The van der Waals surface area contributed by atoms with Crippen LogP contribution in [0.2, 0.25) is 5.02 Å². The van der Waals surface area contributed by atoms with E-state index in [1.165, 1.54) is 12.1 Å². The summed E-state index contributed by atoms with van der Waals surface area (Å²) < 4.78 is 5.03. The van der Waals surface area contributed by atoms with Crippen LogP contribution in [0.3, 0.4) is 0 Å². The van der Waals surface area contributed by atoms with Crippen molar-refractivity contribution < 1.29 is 14.5 Å². The molecule has 0 saturated carbocycles. The molecule has 0 unspecified atom stereocenters. The zero-order chi connectivity index (χ0) is 15.4. The van der Waals surface area contributed by atoms with Crippen molar-refractivity contribution in [3.05, 3.63) is 38.9 Å². The van der Waals surface area contributed by atoms with Crippen molar-refractivity contribution in [1.82, 2.24) is 15.2 Å². The highest BCUT2D eigenvalue weighted by molar-refractivity contribution is 6.34. The minimum Gasteiger partial charge on any atom is -0.463 e. The molecule has 0 aliphatic heterocycles. The molecular formula is C11H10ClN5O4. The highest BCUT2D eigenvalue weighted by Crippen LogP contribution is 2.22. The van der Waals surface area contributed by atoms with E-state index in [-0.39, 0.29) is 28.2 Å². The Bertz CT molecular complexity index is 687. The molecule has 1 amide bonds. The molecule has 0 saturated heterocycles. The molecule has 2 N–H and O–H groups in total. The predicted molar refractivity (Wildman–Crippen MR) is 73.6 cm³/mol. The van der Waals surface area contributed by atoms with Crippen molar-refractivity contribution >= 4 is 29.1 Å². The van der Waals surface area contributed by atoms with Crippen molar-refractivity contribution in [2.75, 3.05) is 11.9 Å². The summed E-state index contributed by atoms with van der Waals surface area (Å²) >= 11 is 5.86. The summed E-state index contributed by atoms with van der Waals surface area (Å²) in [6, 6.07) is 3.65.